The summed E-state index contributed by atoms with van der Waals surface area (Å²) in [7, 11) is -3.35. The van der Waals surface area contributed by atoms with Crippen LogP contribution in [0, 0.1) is 12.8 Å². The molecule has 0 amide bonds. The smallest absolute Gasteiger partial charge is 0.252 e. The Morgan fingerprint density at radius 2 is 2.09 bits per heavy atom. The van der Waals surface area contributed by atoms with Crippen LogP contribution in [0.4, 0.5) is 0 Å². The topological polar surface area (TPSA) is 46.6 Å². The second-order valence-corrected chi connectivity index (χ2v) is 8.99. The normalized spacial score (nSPS) is 19.6. The van der Waals surface area contributed by atoms with Gasteiger partial charge >= 0.3 is 0 Å². The first-order chi connectivity index (χ1) is 11.1. The molecule has 3 rings (SSSR count). The molecule has 1 unspecified atom stereocenters. The van der Waals surface area contributed by atoms with Crippen molar-refractivity contribution in [3.05, 3.63) is 47.3 Å². The van der Waals surface area contributed by atoms with Crippen molar-refractivity contribution in [2.45, 2.75) is 24.0 Å². The molecule has 1 aliphatic rings. The lowest BCUT2D eigenvalue weighted by molar-refractivity contribution is 0.180. The number of ether oxygens (including phenoxy) is 1. The van der Waals surface area contributed by atoms with Gasteiger partial charge in [0.1, 0.15) is 9.96 Å². The first-order valence-corrected chi connectivity index (χ1v) is 10.1. The van der Waals surface area contributed by atoms with Crippen LogP contribution in [0.3, 0.4) is 0 Å². The van der Waals surface area contributed by atoms with E-state index < -0.39 is 10.0 Å². The number of thiophene rings is 1. The Balaban J connectivity index is 1.64. The van der Waals surface area contributed by atoms with Crippen molar-refractivity contribution in [1.82, 2.24) is 4.31 Å². The van der Waals surface area contributed by atoms with Crippen LogP contribution < -0.4 is 4.74 Å². The molecular formula is C17H21NO3S2. The minimum absolute atomic E-state index is 0.234. The molecule has 23 heavy (non-hydrogen) atoms. The van der Waals surface area contributed by atoms with E-state index in [-0.39, 0.29) is 5.92 Å². The highest BCUT2D eigenvalue weighted by atomic mass is 32.2. The number of hydrogen-bond donors (Lipinski definition) is 0. The Bertz CT molecular complexity index is 741. The molecule has 4 nitrogen and oxygen atoms in total. The molecule has 1 aliphatic heterocycles. The van der Waals surface area contributed by atoms with Gasteiger partial charge in [0, 0.05) is 19.0 Å². The van der Waals surface area contributed by atoms with Crippen LogP contribution in [0.5, 0.6) is 5.75 Å². The zero-order chi connectivity index (χ0) is 16.3. The van der Waals surface area contributed by atoms with Crippen molar-refractivity contribution in [3.63, 3.8) is 0 Å². The maximum atomic E-state index is 12.6. The van der Waals surface area contributed by atoms with Gasteiger partial charge in [-0.25, -0.2) is 8.42 Å². The van der Waals surface area contributed by atoms with E-state index in [9.17, 15) is 8.42 Å². The van der Waals surface area contributed by atoms with Crippen molar-refractivity contribution < 1.29 is 13.2 Å². The Morgan fingerprint density at radius 3 is 2.83 bits per heavy atom. The number of rotatable bonds is 5. The van der Waals surface area contributed by atoms with Crippen LogP contribution in [-0.2, 0) is 10.0 Å². The van der Waals surface area contributed by atoms with Gasteiger partial charge < -0.3 is 4.74 Å². The molecule has 1 saturated heterocycles. The van der Waals surface area contributed by atoms with Gasteiger partial charge in [-0.15, -0.1) is 11.3 Å². The monoisotopic (exact) mass is 351 g/mol. The van der Waals surface area contributed by atoms with E-state index in [4.69, 9.17) is 4.74 Å². The number of para-hydroxylation sites is 1. The quantitative estimate of drug-likeness (QED) is 0.828. The van der Waals surface area contributed by atoms with Crippen molar-refractivity contribution in [1.29, 1.82) is 0 Å². The fraction of sp³-hybridized carbons (Fsp3) is 0.412. The van der Waals surface area contributed by atoms with Crippen LogP contribution in [0.2, 0.25) is 0 Å². The molecule has 0 saturated carbocycles. The van der Waals surface area contributed by atoms with E-state index in [1.165, 1.54) is 11.3 Å². The van der Waals surface area contributed by atoms with Crippen LogP contribution in [0.15, 0.2) is 46.0 Å². The van der Waals surface area contributed by atoms with Gasteiger partial charge in [-0.2, -0.15) is 4.31 Å². The van der Waals surface area contributed by atoms with Crippen molar-refractivity contribution >= 4 is 21.4 Å². The van der Waals surface area contributed by atoms with Crippen LogP contribution in [0.25, 0.3) is 0 Å². The van der Waals surface area contributed by atoms with E-state index in [2.05, 4.69) is 0 Å². The third kappa shape index (κ3) is 3.76. The minimum atomic E-state index is -3.35. The summed E-state index contributed by atoms with van der Waals surface area (Å²) in [5.41, 5.74) is 1.10. The molecular weight excluding hydrogens is 330 g/mol. The summed E-state index contributed by atoms with van der Waals surface area (Å²) < 4.78 is 33.2. The van der Waals surface area contributed by atoms with E-state index in [1.54, 1.807) is 21.8 Å². The lowest BCUT2D eigenvalue weighted by Gasteiger charge is -2.31. The molecule has 0 bridgehead atoms. The number of piperidine rings is 1. The first-order valence-electron chi connectivity index (χ1n) is 7.79. The van der Waals surface area contributed by atoms with Gasteiger partial charge in [-0.3, -0.25) is 0 Å². The Hall–Kier alpha value is -1.37. The lowest BCUT2D eigenvalue weighted by Crippen LogP contribution is -2.41. The van der Waals surface area contributed by atoms with Crippen LogP contribution in [-0.4, -0.2) is 32.4 Å². The van der Waals surface area contributed by atoms with Crippen LogP contribution in [0.1, 0.15) is 18.4 Å². The summed E-state index contributed by atoms with van der Waals surface area (Å²) >= 11 is 1.28. The maximum absolute atomic E-state index is 12.6. The molecule has 2 heterocycles. The number of aryl methyl sites for hydroxylation is 1. The van der Waals surface area contributed by atoms with E-state index in [0.29, 0.717) is 23.9 Å². The summed E-state index contributed by atoms with van der Waals surface area (Å²) in [5.74, 6) is 1.11. The summed E-state index contributed by atoms with van der Waals surface area (Å²) in [6.45, 7) is 3.71. The highest BCUT2D eigenvalue weighted by Gasteiger charge is 2.31. The second kappa shape index (κ2) is 7.03. The van der Waals surface area contributed by atoms with Gasteiger partial charge in [0.15, 0.2) is 0 Å². The van der Waals surface area contributed by atoms with Crippen molar-refractivity contribution in [2.24, 2.45) is 5.92 Å². The van der Waals surface area contributed by atoms with E-state index in [0.717, 1.165) is 24.2 Å². The van der Waals surface area contributed by atoms with Gasteiger partial charge in [-0.1, -0.05) is 24.3 Å². The third-order valence-corrected chi connectivity index (χ3v) is 7.38. The highest BCUT2D eigenvalue weighted by Crippen LogP contribution is 2.27. The minimum Gasteiger partial charge on any atom is -0.493 e. The van der Waals surface area contributed by atoms with E-state index in [1.807, 2.05) is 31.2 Å². The SMILES string of the molecule is Cc1ccccc1OCC1CCCN(S(=O)(=O)c2cccs2)C1. The summed E-state index contributed by atoms with van der Waals surface area (Å²) in [5, 5.41) is 1.80. The standard InChI is InChI=1S/C17H21NO3S2/c1-14-6-2-3-8-16(14)21-13-15-7-4-10-18(12-15)23(19,20)17-9-5-11-22-17/h2-3,5-6,8-9,11,15H,4,7,10,12-13H2,1H3. The fourth-order valence-electron chi connectivity index (χ4n) is 2.84. The largest absolute Gasteiger partial charge is 0.493 e. The molecule has 124 valence electrons. The number of nitrogens with zero attached hydrogens (tertiary/aromatic N) is 1. The lowest BCUT2D eigenvalue weighted by atomic mass is 10.0. The molecule has 2 aromatic rings. The average molecular weight is 351 g/mol. The fourth-order valence-corrected chi connectivity index (χ4v) is 5.54. The molecule has 0 spiro atoms. The Kier molecular flexibility index (Phi) is 5.04. The molecule has 1 fully saturated rings. The van der Waals surface area contributed by atoms with Crippen molar-refractivity contribution in [3.8, 4) is 5.75 Å². The Morgan fingerprint density at radius 1 is 1.26 bits per heavy atom. The first kappa shape index (κ1) is 16.5. The number of sulfonamides is 1. The highest BCUT2D eigenvalue weighted by molar-refractivity contribution is 7.91. The van der Waals surface area contributed by atoms with Gasteiger partial charge in [0.25, 0.3) is 10.0 Å². The summed E-state index contributed by atoms with van der Waals surface area (Å²) in [4.78, 5) is 0. The summed E-state index contributed by atoms with van der Waals surface area (Å²) in [6.07, 6.45) is 1.88. The van der Waals surface area contributed by atoms with E-state index >= 15 is 0 Å². The number of hydrogen-bond acceptors (Lipinski definition) is 4. The van der Waals surface area contributed by atoms with Crippen LogP contribution >= 0.6 is 11.3 Å². The molecule has 0 N–H and O–H groups in total. The molecule has 1 aromatic carbocycles. The zero-order valence-electron chi connectivity index (χ0n) is 13.1. The third-order valence-electron chi connectivity index (χ3n) is 4.14. The molecule has 0 aliphatic carbocycles. The predicted octanol–water partition coefficient (Wildman–Crippen LogP) is 3.54. The Labute approximate surface area is 141 Å². The second-order valence-electron chi connectivity index (χ2n) is 5.88. The van der Waals surface area contributed by atoms with Gasteiger partial charge in [0.05, 0.1) is 6.61 Å². The summed E-state index contributed by atoms with van der Waals surface area (Å²) in [6, 6.07) is 11.4. The molecule has 1 atom stereocenters. The van der Waals surface area contributed by atoms with Gasteiger partial charge in [-0.05, 0) is 42.8 Å². The predicted molar refractivity (Wildman–Crippen MR) is 92.5 cm³/mol. The van der Waals surface area contributed by atoms with Crippen molar-refractivity contribution in [2.75, 3.05) is 19.7 Å². The molecule has 0 radical (unpaired) electrons. The average Bonchev–Trinajstić information content (AvgIpc) is 3.10. The molecule has 6 heteroatoms. The number of benzene rings is 1. The molecule has 1 aromatic heterocycles. The van der Waals surface area contributed by atoms with Gasteiger partial charge in [0.2, 0.25) is 0 Å². The maximum Gasteiger partial charge on any atom is 0.252 e. The zero-order valence-corrected chi connectivity index (χ0v) is 14.8.